The summed E-state index contributed by atoms with van der Waals surface area (Å²) in [5.41, 5.74) is 1.22. The maximum atomic E-state index is 12.5. The van der Waals surface area contributed by atoms with Crippen LogP contribution in [0.4, 0.5) is 5.69 Å². The standard InChI is InChI=1S/C19H27N3O2/c1-2-18(23)22-12-10-15(13-22)19(24)20-16-7-6-11-21(14-16)17-8-4-3-5-9-17/h3-5,8-9,15-16H,2,6-7,10-14H2,1H3,(H,20,24). The lowest BCUT2D eigenvalue weighted by molar-refractivity contribution is -0.130. The van der Waals surface area contributed by atoms with Gasteiger partial charge >= 0.3 is 0 Å². The normalized spacial score (nSPS) is 24.0. The van der Waals surface area contributed by atoms with Gasteiger partial charge in [0.1, 0.15) is 0 Å². The van der Waals surface area contributed by atoms with Crippen molar-refractivity contribution in [3.8, 4) is 0 Å². The topological polar surface area (TPSA) is 52.7 Å². The Kier molecular flexibility index (Phi) is 5.38. The number of hydrogen-bond donors (Lipinski definition) is 1. The zero-order valence-electron chi connectivity index (χ0n) is 14.4. The second kappa shape index (κ2) is 7.69. The van der Waals surface area contributed by atoms with Crippen LogP contribution in [0, 0.1) is 5.92 Å². The van der Waals surface area contributed by atoms with Crippen molar-refractivity contribution >= 4 is 17.5 Å². The van der Waals surface area contributed by atoms with Crippen LogP contribution in [-0.2, 0) is 9.59 Å². The van der Waals surface area contributed by atoms with Gasteiger partial charge in [-0.1, -0.05) is 25.1 Å². The van der Waals surface area contributed by atoms with E-state index in [1.807, 2.05) is 17.9 Å². The summed E-state index contributed by atoms with van der Waals surface area (Å²) in [7, 11) is 0. The molecule has 24 heavy (non-hydrogen) atoms. The van der Waals surface area contributed by atoms with Gasteiger partial charge in [0.15, 0.2) is 0 Å². The molecule has 0 radical (unpaired) electrons. The van der Waals surface area contributed by atoms with Crippen molar-refractivity contribution in [1.82, 2.24) is 10.2 Å². The van der Waals surface area contributed by atoms with Crippen LogP contribution < -0.4 is 10.2 Å². The van der Waals surface area contributed by atoms with E-state index in [4.69, 9.17) is 0 Å². The lowest BCUT2D eigenvalue weighted by atomic mass is 10.0. The van der Waals surface area contributed by atoms with Crippen molar-refractivity contribution in [2.24, 2.45) is 5.92 Å². The monoisotopic (exact) mass is 329 g/mol. The summed E-state index contributed by atoms with van der Waals surface area (Å²) in [4.78, 5) is 28.5. The Bertz CT molecular complexity index is 575. The smallest absolute Gasteiger partial charge is 0.225 e. The predicted octanol–water partition coefficient (Wildman–Crippen LogP) is 2.03. The first kappa shape index (κ1) is 16.8. The van der Waals surface area contributed by atoms with E-state index in [-0.39, 0.29) is 23.8 Å². The number of nitrogens with one attached hydrogen (secondary N) is 1. The number of carbonyl (C=O) groups excluding carboxylic acids is 2. The van der Waals surface area contributed by atoms with E-state index in [0.29, 0.717) is 19.5 Å². The van der Waals surface area contributed by atoms with Gasteiger partial charge in [0.2, 0.25) is 11.8 Å². The van der Waals surface area contributed by atoms with Gasteiger partial charge in [-0.3, -0.25) is 9.59 Å². The molecule has 0 bridgehead atoms. The molecule has 2 aliphatic heterocycles. The Balaban J connectivity index is 1.52. The summed E-state index contributed by atoms with van der Waals surface area (Å²) < 4.78 is 0. The van der Waals surface area contributed by atoms with Crippen LogP contribution in [0.3, 0.4) is 0 Å². The minimum atomic E-state index is -0.0485. The zero-order valence-corrected chi connectivity index (χ0v) is 14.4. The lowest BCUT2D eigenvalue weighted by Gasteiger charge is -2.35. The van der Waals surface area contributed by atoms with Crippen LogP contribution >= 0.6 is 0 Å². The van der Waals surface area contributed by atoms with Crippen molar-refractivity contribution in [1.29, 1.82) is 0 Å². The number of nitrogens with zero attached hydrogens (tertiary/aromatic N) is 2. The number of likely N-dealkylation sites (tertiary alicyclic amines) is 1. The van der Waals surface area contributed by atoms with Crippen molar-refractivity contribution in [3.05, 3.63) is 30.3 Å². The first-order chi connectivity index (χ1) is 11.7. The van der Waals surface area contributed by atoms with Crippen molar-refractivity contribution < 1.29 is 9.59 Å². The molecule has 1 aromatic rings. The van der Waals surface area contributed by atoms with Gasteiger partial charge in [-0.2, -0.15) is 0 Å². The Morgan fingerprint density at radius 1 is 1.12 bits per heavy atom. The quantitative estimate of drug-likeness (QED) is 0.919. The highest BCUT2D eigenvalue weighted by Gasteiger charge is 2.32. The fourth-order valence-corrected chi connectivity index (χ4v) is 3.71. The summed E-state index contributed by atoms with van der Waals surface area (Å²) in [6.45, 7) is 5.06. The Hall–Kier alpha value is -2.04. The highest BCUT2D eigenvalue weighted by Crippen LogP contribution is 2.21. The molecular weight excluding hydrogens is 302 g/mol. The molecule has 1 aromatic carbocycles. The van der Waals surface area contributed by atoms with E-state index in [1.165, 1.54) is 5.69 Å². The number of para-hydroxylation sites is 1. The molecule has 2 fully saturated rings. The molecule has 2 atom stereocenters. The lowest BCUT2D eigenvalue weighted by Crippen LogP contribution is -2.49. The minimum Gasteiger partial charge on any atom is -0.369 e. The number of rotatable bonds is 4. The number of anilines is 1. The average Bonchev–Trinajstić information content (AvgIpc) is 3.12. The zero-order chi connectivity index (χ0) is 16.9. The summed E-state index contributed by atoms with van der Waals surface area (Å²) in [6.07, 6.45) is 3.42. The van der Waals surface area contributed by atoms with Gasteiger partial charge in [-0.25, -0.2) is 0 Å². The summed E-state index contributed by atoms with van der Waals surface area (Å²) >= 11 is 0. The predicted molar refractivity (Wildman–Crippen MR) is 94.8 cm³/mol. The van der Waals surface area contributed by atoms with E-state index >= 15 is 0 Å². The molecule has 3 rings (SSSR count). The molecule has 5 heteroatoms. The molecule has 2 unspecified atom stereocenters. The summed E-state index contributed by atoms with van der Waals surface area (Å²) in [5.74, 6) is 0.215. The van der Waals surface area contributed by atoms with Crippen LogP contribution in [0.1, 0.15) is 32.6 Å². The molecule has 2 amide bonds. The number of amides is 2. The molecular formula is C19H27N3O2. The number of benzene rings is 1. The maximum Gasteiger partial charge on any atom is 0.225 e. The van der Waals surface area contributed by atoms with E-state index < -0.39 is 0 Å². The van der Waals surface area contributed by atoms with Crippen LogP contribution in [-0.4, -0.2) is 48.9 Å². The molecule has 5 nitrogen and oxygen atoms in total. The molecule has 0 aromatic heterocycles. The van der Waals surface area contributed by atoms with Gasteiger partial charge < -0.3 is 15.1 Å². The van der Waals surface area contributed by atoms with Gasteiger partial charge in [-0.15, -0.1) is 0 Å². The first-order valence-electron chi connectivity index (χ1n) is 9.05. The highest BCUT2D eigenvalue weighted by atomic mass is 16.2. The fourth-order valence-electron chi connectivity index (χ4n) is 3.71. The third-order valence-electron chi connectivity index (χ3n) is 5.10. The molecule has 0 saturated carbocycles. The van der Waals surface area contributed by atoms with Gasteiger partial charge in [0.25, 0.3) is 0 Å². The average molecular weight is 329 g/mol. The number of hydrogen-bond acceptors (Lipinski definition) is 3. The van der Waals surface area contributed by atoms with Gasteiger partial charge in [0, 0.05) is 44.3 Å². The molecule has 2 aliphatic rings. The third-order valence-corrected chi connectivity index (χ3v) is 5.10. The van der Waals surface area contributed by atoms with E-state index in [2.05, 4.69) is 34.5 Å². The van der Waals surface area contributed by atoms with E-state index in [1.54, 1.807) is 0 Å². The van der Waals surface area contributed by atoms with E-state index in [0.717, 1.165) is 32.4 Å². The molecule has 2 heterocycles. The largest absolute Gasteiger partial charge is 0.369 e. The number of piperidine rings is 1. The summed E-state index contributed by atoms with van der Waals surface area (Å²) in [5, 5.41) is 3.22. The molecule has 1 N–H and O–H groups in total. The van der Waals surface area contributed by atoms with Crippen molar-refractivity contribution in [3.63, 3.8) is 0 Å². The SMILES string of the molecule is CCC(=O)N1CCC(C(=O)NC2CCCN(c3ccccc3)C2)C1. The van der Waals surface area contributed by atoms with Crippen LogP contribution in [0.2, 0.25) is 0 Å². The van der Waals surface area contributed by atoms with Crippen molar-refractivity contribution in [2.45, 2.75) is 38.6 Å². The van der Waals surface area contributed by atoms with Crippen LogP contribution in [0.25, 0.3) is 0 Å². The maximum absolute atomic E-state index is 12.5. The van der Waals surface area contributed by atoms with Crippen molar-refractivity contribution in [2.75, 3.05) is 31.1 Å². The fraction of sp³-hybridized carbons (Fsp3) is 0.579. The second-order valence-electron chi connectivity index (χ2n) is 6.81. The van der Waals surface area contributed by atoms with E-state index in [9.17, 15) is 9.59 Å². The Morgan fingerprint density at radius 2 is 1.92 bits per heavy atom. The second-order valence-corrected chi connectivity index (χ2v) is 6.81. The van der Waals surface area contributed by atoms with Gasteiger partial charge in [-0.05, 0) is 31.4 Å². The molecule has 0 spiro atoms. The molecule has 130 valence electrons. The first-order valence-corrected chi connectivity index (χ1v) is 9.05. The highest BCUT2D eigenvalue weighted by molar-refractivity contribution is 5.82. The van der Waals surface area contributed by atoms with Crippen LogP contribution in [0.5, 0.6) is 0 Å². The minimum absolute atomic E-state index is 0.0485. The molecule has 0 aliphatic carbocycles. The van der Waals surface area contributed by atoms with Crippen LogP contribution in [0.15, 0.2) is 30.3 Å². The number of carbonyl (C=O) groups is 2. The molecule has 2 saturated heterocycles. The Morgan fingerprint density at radius 3 is 2.67 bits per heavy atom. The third kappa shape index (κ3) is 3.89. The summed E-state index contributed by atoms with van der Waals surface area (Å²) in [6, 6.07) is 10.6. The Labute approximate surface area is 144 Å². The van der Waals surface area contributed by atoms with Gasteiger partial charge in [0.05, 0.1) is 5.92 Å².